The van der Waals surface area contributed by atoms with Crippen molar-refractivity contribution in [2.75, 3.05) is 29.4 Å². The van der Waals surface area contributed by atoms with E-state index in [2.05, 4.69) is 15.5 Å². The summed E-state index contributed by atoms with van der Waals surface area (Å²) in [5.74, 6) is 0.651. The van der Waals surface area contributed by atoms with E-state index in [-0.39, 0.29) is 21.1 Å². The topological polar surface area (TPSA) is 120 Å². The fraction of sp³-hybridized carbons (Fsp3) is 0.400. The Labute approximate surface area is 220 Å². The Morgan fingerprint density at radius 1 is 1.05 bits per heavy atom. The van der Waals surface area contributed by atoms with E-state index in [1.165, 1.54) is 4.31 Å². The third kappa shape index (κ3) is 5.35. The van der Waals surface area contributed by atoms with Crippen molar-refractivity contribution in [3.8, 4) is 17.2 Å². The van der Waals surface area contributed by atoms with Crippen LogP contribution in [0.5, 0.6) is 17.2 Å². The molecule has 0 saturated carbocycles. The normalized spacial score (nSPS) is 14.8. The van der Waals surface area contributed by atoms with Crippen molar-refractivity contribution in [1.82, 2.24) is 10.2 Å². The van der Waals surface area contributed by atoms with Gasteiger partial charge in [0, 0.05) is 11.6 Å². The van der Waals surface area contributed by atoms with E-state index >= 15 is 0 Å². The number of carbonyl (C=O) groups excluding carboxylic acids is 1. The number of ether oxygens (including phenoxy) is 3. The van der Waals surface area contributed by atoms with Crippen LogP contribution in [0.2, 0.25) is 0 Å². The molecule has 1 atom stereocenters. The number of amides is 1. The summed E-state index contributed by atoms with van der Waals surface area (Å²) < 4.78 is 45.2. The average molecular weight is 547 g/mol. The second kappa shape index (κ2) is 10.9. The minimum absolute atomic E-state index is 0.0596. The molecule has 10 nitrogen and oxygen atoms in total. The fourth-order valence-electron chi connectivity index (χ4n) is 4.24. The highest BCUT2D eigenvalue weighted by Gasteiger charge is 2.38. The van der Waals surface area contributed by atoms with Gasteiger partial charge in [0.1, 0.15) is 0 Å². The molecule has 0 saturated heterocycles. The third-order valence-electron chi connectivity index (χ3n) is 5.67. The SMILES string of the molecule is CCOc1cc(C(=O)Nc2nnc(S(=O)(=O)N3c4ccc(C)cc4CC3C)s2)cc(OCC)c1OCC. The first-order valence-electron chi connectivity index (χ1n) is 12.0. The first-order valence-corrected chi connectivity index (χ1v) is 14.3. The number of rotatable bonds is 10. The molecule has 1 N–H and O–H groups in total. The van der Waals surface area contributed by atoms with E-state index in [0.717, 1.165) is 22.5 Å². The van der Waals surface area contributed by atoms with Crippen LogP contribution < -0.4 is 23.8 Å². The summed E-state index contributed by atoms with van der Waals surface area (Å²) in [5, 5.41) is 10.5. The number of hydrogen-bond donors (Lipinski definition) is 1. The van der Waals surface area contributed by atoms with E-state index in [1.54, 1.807) is 12.1 Å². The van der Waals surface area contributed by atoms with Gasteiger partial charge in [-0.2, -0.15) is 8.42 Å². The van der Waals surface area contributed by atoms with Crippen LogP contribution in [-0.2, 0) is 16.4 Å². The summed E-state index contributed by atoms with van der Waals surface area (Å²) in [7, 11) is -3.96. The molecule has 12 heteroatoms. The quantitative estimate of drug-likeness (QED) is 0.371. The maximum absolute atomic E-state index is 13.5. The summed E-state index contributed by atoms with van der Waals surface area (Å²) in [6.45, 7) is 10.5. The van der Waals surface area contributed by atoms with Crippen molar-refractivity contribution in [1.29, 1.82) is 0 Å². The zero-order valence-corrected chi connectivity index (χ0v) is 23.0. The first kappa shape index (κ1) is 26.7. The monoisotopic (exact) mass is 546 g/mol. The maximum atomic E-state index is 13.5. The number of aryl methyl sites for hydroxylation is 1. The van der Waals surface area contributed by atoms with Gasteiger partial charge in [0.25, 0.3) is 20.3 Å². The van der Waals surface area contributed by atoms with Gasteiger partial charge in [0.05, 0.1) is 25.5 Å². The fourth-order valence-corrected chi connectivity index (χ4v) is 6.90. The van der Waals surface area contributed by atoms with Gasteiger partial charge in [0.15, 0.2) is 11.5 Å². The van der Waals surface area contributed by atoms with Crippen molar-refractivity contribution in [2.45, 2.75) is 51.4 Å². The molecule has 0 bridgehead atoms. The number of nitrogens with one attached hydrogen (secondary N) is 1. The van der Waals surface area contributed by atoms with Crippen LogP contribution >= 0.6 is 11.3 Å². The number of carbonyl (C=O) groups is 1. The van der Waals surface area contributed by atoms with Gasteiger partial charge < -0.3 is 14.2 Å². The molecule has 1 aliphatic heterocycles. The van der Waals surface area contributed by atoms with Crippen LogP contribution in [0, 0.1) is 6.92 Å². The zero-order chi connectivity index (χ0) is 26.7. The highest BCUT2D eigenvalue weighted by atomic mass is 32.2. The van der Waals surface area contributed by atoms with Gasteiger partial charge >= 0.3 is 0 Å². The minimum Gasteiger partial charge on any atom is -0.490 e. The van der Waals surface area contributed by atoms with Gasteiger partial charge in [-0.1, -0.05) is 29.0 Å². The molecule has 1 aliphatic rings. The summed E-state index contributed by atoms with van der Waals surface area (Å²) in [4.78, 5) is 13.1. The Morgan fingerprint density at radius 2 is 1.70 bits per heavy atom. The largest absolute Gasteiger partial charge is 0.490 e. The van der Waals surface area contributed by atoms with Crippen molar-refractivity contribution >= 4 is 38.1 Å². The van der Waals surface area contributed by atoms with E-state index in [1.807, 2.05) is 52.8 Å². The van der Waals surface area contributed by atoms with Crippen LogP contribution in [0.1, 0.15) is 49.2 Å². The molecule has 4 rings (SSSR count). The molecular formula is C25H30N4O6S2. The Balaban J connectivity index is 1.59. The van der Waals surface area contributed by atoms with E-state index in [9.17, 15) is 13.2 Å². The van der Waals surface area contributed by atoms with Crippen molar-refractivity contribution < 1.29 is 27.4 Å². The Hall–Kier alpha value is -3.38. The van der Waals surface area contributed by atoms with Crippen LogP contribution in [0.4, 0.5) is 10.8 Å². The summed E-state index contributed by atoms with van der Waals surface area (Å²) in [5.41, 5.74) is 2.92. The molecule has 3 aromatic rings. The number of benzene rings is 2. The molecule has 198 valence electrons. The summed E-state index contributed by atoms with van der Waals surface area (Å²) >= 11 is 0.799. The lowest BCUT2D eigenvalue weighted by atomic mass is 10.1. The van der Waals surface area contributed by atoms with Gasteiger partial charge in [0.2, 0.25) is 10.9 Å². The smallest absolute Gasteiger partial charge is 0.293 e. The third-order valence-corrected chi connectivity index (χ3v) is 8.78. The molecule has 1 amide bonds. The highest BCUT2D eigenvalue weighted by molar-refractivity contribution is 7.94. The van der Waals surface area contributed by atoms with Crippen LogP contribution in [0.15, 0.2) is 34.7 Å². The summed E-state index contributed by atoms with van der Waals surface area (Å²) in [6, 6.07) is 8.53. The van der Waals surface area contributed by atoms with Crippen LogP contribution in [-0.4, -0.2) is 50.4 Å². The predicted molar refractivity (Wildman–Crippen MR) is 142 cm³/mol. The Bertz CT molecular complexity index is 1380. The van der Waals surface area contributed by atoms with E-state index in [0.29, 0.717) is 49.2 Å². The maximum Gasteiger partial charge on any atom is 0.293 e. The molecule has 0 radical (unpaired) electrons. The molecule has 1 unspecified atom stereocenters. The molecular weight excluding hydrogens is 516 g/mol. The highest BCUT2D eigenvalue weighted by Crippen LogP contribution is 2.40. The molecule has 2 heterocycles. The van der Waals surface area contributed by atoms with E-state index in [4.69, 9.17) is 14.2 Å². The Morgan fingerprint density at radius 3 is 2.32 bits per heavy atom. The van der Waals surface area contributed by atoms with Gasteiger partial charge in [-0.05, 0) is 64.8 Å². The number of anilines is 2. The first-order chi connectivity index (χ1) is 17.7. The zero-order valence-electron chi connectivity index (χ0n) is 21.4. The van der Waals surface area contributed by atoms with Gasteiger partial charge in [-0.25, -0.2) is 0 Å². The van der Waals surface area contributed by atoms with Crippen molar-refractivity contribution in [2.24, 2.45) is 0 Å². The predicted octanol–water partition coefficient (Wildman–Crippen LogP) is 4.43. The Kier molecular flexibility index (Phi) is 7.88. The van der Waals surface area contributed by atoms with Crippen LogP contribution in [0.3, 0.4) is 0 Å². The number of fused-ring (bicyclic) bond motifs is 1. The van der Waals surface area contributed by atoms with Crippen molar-refractivity contribution in [3.05, 3.63) is 47.0 Å². The lowest BCUT2D eigenvalue weighted by Gasteiger charge is -2.22. The lowest BCUT2D eigenvalue weighted by Crippen LogP contribution is -2.35. The molecule has 1 aromatic heterocycles. The molecule has 0 aliphatic carbocycles. The number of sulfonamides is 1. The summed E-state index contributed by atoms with van der Waals surface area (Å²) in [6.07, 6.45) is 0.612. The average Bonchev–Trinajstić information content (AvgIpc) is 3.45. The van der Waals surface area contributed by atoms with Crippen LogP contribution in [0.25, 0.3) is 0 Å². The lowest BCUT2D eigenvalue weighted by molar-refractivity contribution is 0.102. The number of aromatic nitrogens is 2. The molecule has 37 heavy (non-hydrogen) atoms. The van der Waals surface area contributed by atoms with Gasteiger partial charge in [-0.15, -0.1) is 10.2 Å². The molecule has 0 fully saturated rings. The van der Waals surface area contributed by atoms with Gasteiger partial charge in [-0.3, -0.25) is 14.4 Å². The number of nitrogens with zero attached hydrogens (tertiary/aromatic N) is 3. The second-order valence-electron chi connectivity index (χ2n) is 8.41. The van der Waals surface area contributed by atoms with Crippen molar-refractivity contribution in [3.63, 3.8) is 0 Å². The molecule has 2 aromatic carbocycles. The second-order valence-corrected chi connectivity index (χ2v) is 11.4. The molecule has 0 spiro atoms. The standard InChI is InChI=1S/C25H30N4O6S2/c1-6-33-20-13-18(14-21(34-7-2)22(20)35-8-3)23(30)26-24-27-28-25(36-24)37(31,32)29-16(5)12-17-11-15(4)9-10-19(17)29/h9-11,13-14,16H,6-8,12H2,1-5H3,(H,26,27,30). The van der Waals surface area contributed by atoms with E-state index < -0.39 is 15.9 Å². The number of hydrogen-bond acceptors (Lipinski definition) is 9. The minimum atomic E-state index is -3.96.